The number of rotatable bonds is 3. The minimum atomic E-state index is 0.958. The number of pyridine rings is 2. The molecular formula is C40H28N2. The van der Waals surface area contributed by atoms with Gasteiger partial charge in [-0.25, -0.2) is 0 Å². The molecule has 0 unspecified atom stereocenters. The number of hydrogen-bond donors (Lipinski definition) is 0. The summed E-state index contributed by atoms with van der Waals surface area (Å²) in [4.78, 5) is 9.85. The highest BCUT2D eigenvalue weighted by molar-refractivity contribution is 6.21. The summed E-state index contributed by atoms with van der Waals surface area (Å²) in [5.74, 6) is 0. The summed E-state index contributed by atoms with van der Waals surface area (Å²) in [5, 5.41) is 7.28. The standard InChI is InChI=1S/C40H28N2/c1-25-19-20-28-21-22-35-36(23-26(2)42-40(35)39(28)41-25)29-13-10-14-30(24-29)38-33-17-8-6-15-31(33)37(27-11-4-3-5-12-27)32-16-7-9-18-34(32)38/h3-24H,1-2H3. The smallest absolute Gasteiger partial charge is 0.0974 e. The van der Waals surface area contributed by atoms with Crippen molar-refractivity contribution in [3.63, 3.8) is 0 Å². The van der Waals surface area contributed by atoms with Gasteiger partial charge >= 0.3 is 0 Å². The molecule has 2 aromatic heterocycles. The lowest BCUT2D eigenvalue weighted by atomic mass is 9.85. The van der Waals surface area contributed by atoms with E-state index in [1.54, 1.807) is 0 Å². The van der Waals surface area contributed by atoms with Gasteiger partial charge in [0, 0.05) is 22.2 Å². The molecule has 0 radical (unpaired) electrons. The highest BCUT2D eigenvalue weighted by Crippen LogP contribution is 2.44. The maximum atomic E-state index is 4.97. The van der Waals surface area contributed by atoms with Crippen LogP contribution in [0.25, 0.3) is 76.7 Å². The van der Waals surface area contributed by atoms with E-state index >= 15 is 0 Å². The molecule has 198 valence electrons. The lowest BCUT2D eigenvalue weighted by molar-refractivity contribution is 1.23. The van der Waals surface area contributed by atoms with Crippen LogP contribution in [0.3, 0.4) is 0 Å². The molecule has 0 amide bonds. The van der Waals surface area contributed by atoms with E-state index in [4.69, 9.17) is 9.97 Å². The molecule has 2 nitrogen and oxygen atoms in total. The molecular weight excluding hydrogens is 508 g/mol. The first-order valence-electron chi connectivity index (χ1n) is 14.4. The van der Waals surface area contributed by atoms with Crippen molar-refractivity contribution in [1.29, 1.82) is 0 Å². The van der Waals surface area contributed by atoms with Crippen LogP contribution in [0.4, 0.5) is 0 Å². The highest BCUT2D eigenvalue weighted by Gasteiger charge is 2.17. The number of aromatic nitrogens is 2. The minimum Gasteiger partial charge on any atom is -0.251 e. The van der Waals surface area contributed by atoms with Gasteiger partial charge in [0.05, 0.1) is 11.0 Å². The average Bonchev–Trinajstić information content (AvgIpc) is 3.03. The lowest BCUT2D eigenvalue weighted by Gasteiger charge is -2.18. The average molecular weight is 537 g/mol. The van der Waals surface area contributed by atoms with Gasteiger partial charge in [-0.05, 0) is 87.0 Å². The molecule has 0 aliphatic rings. The maximum Gasteiger partial charge on any atom is 0.0974 e. The van der Waals surface area contributed by atoms with Crippen molar-refractivity contribution < 1.29 is 0 Å². The number of benzene rings is 6. The monoisotopic (exact) mass is 536 g/mol. The second kappa shape index (κ2) is 9.64. The Morgan fingerprint density at radius 3 is 1.62 bits per heavy atom. The van der Waals surface area contributed by atoms with Gasteiger partial charge in [0.25, 0.3) is 0 Å². The van der Waals surface area contributed by atoms with E-state index < -0.39 is 0 Å². The maximum absolute atomic E-state index is 4.97. The first kappa shape index (κ1) is 24.5. The Morgan fingerprint density at radius 2 is 0.929 bits per heavy atom. The predicted octanol–water partition coefficient (Wildman–Crippen LogP) is 10.7. The Morgan fingerprint density at radius 1 is 0.381 bits per heavy atom. The van der Waals surface area contributed by atoms with Crippen molar-refractivity contribution in [2.45, 2.75) is 13.8 Å². The molecule has 8 aromatic rings. The Bertz CT molecular complexity index is 2260. The molecule has 0 saturated heterocycles. The first-order valence-corrected chi connectivity index (χ1v) is 14.4. The molecule has 0 aliphatic carbocycles. The molecule has 0 bridgehead atoms. The fraction of sp³-hybridized carbons (Fsp3) is 0.0500. The Kier molecular flexibility index (Phi) is 5.61. The second-order valence-corrected chi connectivity index (χ2v) is 11.1. The van der Waals surface area contributed by atoms with Gasteiger partial charge in [0.2, 0.25) is 0 Å². The van der Waals surface area contributed by atoms with E-state index in [-0.39, 0.29) is 0 Å². The summed E-state index contributed by atoms with van der Waals surface area (Å²) < 4.78 is 0. The van der Waals surface area contributed by atoms with Crippen LogP contribution in [-0.2, 0) is 0 Å². The van der Waals surface area contributed by atoms with E-state index in [1.807, 2.05) is 6.92 Å². The Hall–Kier alpha value is -5.34. The number of hydrogen-bond acceptors (Lipinski definition) is 2. The molecule has 6 aromatic carbocycles. The van der Waals surface area contributed by atoms with Crippen molar-refractivity contribution in [2.24, 2.45) is 0 Å². The lowest BCUT2D eigenvalue weighted by Crippen LogP contribution is -1.93. The number of fused-ring (bicyclic) bond motifs is 5. The normalized spacial score (nSPS) is 11.6. The van der Waals surface area contributed by atoms with Crippen LogP contribution >= 0.6 is 0 Å². The third-order valence-electron chi connectivity index (χ3n) is 8.36. The molecule has 0 fully saturated rings. The highest BCUT2D eigenvalue weighted by atomic mass is 14.8. The fourth-order valence-corrected chi connectivity index (χ4v) is 6.53. The summed E-state index contributed by atoms with van der Waals surface area (Å²) in [6.45, 7) is 4.11. The summed E-state index contributed by atoms with van der Waals surface area (Å²) in [7, 11) is 0. The predicted molar refractivity (Wildman–Crippen MR) is 178 cm³/mol. The first-order chi connectivity index (χ1) is 20.7. The van der Waals surface area contributed by atoms with E-state index in [0.717, 1.165) is 33.2 Å². The van der Waals surface area contributed by atoms with Crippen LogP contribution in [0.5, 0.6) is 0 Å². The van der Waals surface area contributed by atoms with Crippen molar-refractivity contribution in [2.75, 3.05) is 0 Å². The van der Waals surface area contributed by atoms with E-state index in [2.05, 4.69) is 140 Å². The van der Waals surface area contributed by atoms with Crippen molar-refractivity contribution in [1.82, 2.24) is 9.97 Å². The van der Waals surface area contributed by atoms with Crippen LogP contribution in [0.2, 0.25) is 0 Å². The van der Waals surface area contributed by atoms with Crippen LogP contribution in [0, 0.1) is 13.8 Å². The molecule has 0 saturated carbocycles. The van der Waals surface area contributed by atoms with Crippen LogP contribution < -0.4 is 0 Å². The van der Waals surface area contributed by atoms with Crippen molar-refractivity contribution >= 4 is 43.4 Å². The topological polar surface area (TPSA) is 25.8 Å². The van der Waals surface area contributed by atoms with Gasteiger partial charge in [-0.2, -0.15) is 0 Å². The Balaban J connectivity index is 1.41. The molecule has 2 heteroatoms. The molecule has 0 spiro atoms. The molecule has 0 N–H and O–H groups in total. The van der Waals surface area contributed by atoms with Gasteiger partial charge in [-0.1, -0.05) is 115 Å². The third kappa shape index (κ3) is 3.88. The molecule has 0 atom stereocenters. The fourth-order valence-electron chi connectivity index (χ4n) is 6.53. The van der Waals surface area contributed by atoms with Crippen molar-refractivity contribution in [3.8, 4) is 33.4 Å². The summed E-state index contributed by atoms with van der Waals surface area (Å²) in [6.07, 6.45) is 0. The summed E-state index contributed by atoms with van der Waals surface area (Å²) in [5.41, 5.74) is 11.3. The van der Waals surface area contributed by atoms with Crippen LogP contribution in [-0.4, -0.2) is 9.97 Å². The molecule has 2 heterocycles. The van der Waals surface area contributed by atoms with Gasteiger partial charge in [0.15, 0.2) is 0 Å². The number of nitrogens with zero attached hydrogens (tertiary/aromatic N) is 2. The van der Waals surface area contributed by atoms with Crippen LogP contribution in [0.15, 0.2) is 133 Å². The molecule has 8 rings (SSSR count). The van der Waals surface area contributed by atoms with Gasteiger partial charge in [-0.3, -0.25) is 9.97 Å². The second-order valence-electron chi connectivity index (χ2n) is 11.1. The van der Waals surface area contributed by atoms with Gasteiger partial charge in [0.1, 0.15) is 0 Å². The van der Waals surface area contributed by atoms with Gasteiger partial charge < -0.3 is 0 Å². The van der Waals surface area contributed by atoms with E-state index in [0.29, 0.717) is 0 Å². The SMILES string of the molecule is Cc1ccc2ccc3c(-c4cccc(-c5c6ccccc6c(-c6ccccc6)c6ccccc56)c4)cc(C)nc3c2n1. The molecule has 42 heavy (non-hydrogen) atoms. The summed E-state index contributed by atoms with van der Waals surface area (Å²) >= 11 is 0. The van der Waals surface area contributed by atoms with Gasteiger partial charge in [-0.15, -0.1) is 0 Å². The minimum absolute atomic E-state index is 0.958. The van der Waals surface area contributed by atoms with E-state index in [9.17, 15) is 0 Å². The largest absolute Gasteiger partial charge is 0.251 e. The molecule has 0 aliphatic heterocycles. The zero-order chi connectivity index (χ0) is 28.2. The zero-order valence-electron chi connectivity index (χ0n) is 23.6. The van der Waals surface area contributed by atoms with E-state index in [1.165, 1.54) is 54.9 Å². The van der Waals surface area contributed by atoms with Crippen LogP contribution in [0.1, 0.15) is 11.4 Å². The number of aryl methyl sites for hydroxylation is 2. The summed E-state index contributed by atoms with van der Waals surface area (Å²) in [6, 6.07) is 48.2. The quantitative estimate of drug-likeness (QED) is 0.166. The third-order valence-corrected chi connectivity index (χ3v) is 8.36. The Labute approximate surface area is 244 Å². The van der Waals surface area contributed by atoms with Crippen molar-refractivity contribution in [3.05, 3.63) is 145 Å². The zero-order valence-corrected chi connectivity index (χ0v) is 23.6.